The van der Waals surface area contributed by atoms with Crippen molar-refractivity contribution in [2.24, 2.45) is 18.4 Å². The molecule has 1 N–H and O–H groups in total. The van der Waals surface area contributed by atoms with Gasteiger partial charge in [0.15, 0.2) is 0 Å². The van der Waals surface area contributed by atoms with Crippen molar-refractivity contribution < 1.29 is 0 Å². The molecule has 1 aliphatic carbocycles. The highest BCUT2D eigenvalue weighted by atomic mass is 15.2. The van der Waals surface area contributed by atoms with E-state index in [1.807, 2.05) is 17.9 Å². The summed E-state index contributed by atoms with van der Waals surface area (Å²) in [6.45, 7) is 7.95. The van der Waals surface area contributed by atoms with Crippen molar-refractivity contribution in [1.29, 1.82) is 0 Å². The van der Waals surface area contributed by atoms with Gasteiger partial charge in [-0.3, -0.25) is 4.68 Å². The molecule has 0 aromatic carbocycles. The molecule has 0 bridgehead atoms. The van der Waals surface area contributed by atoms with Crippen LogP contribution in [0.5, 0.6) is 0 Å². The largest absolute Gasteiger partial charge is 0.314 e. The summed E-state index contributed by atoms with van der Waals surface area (Å²) in [7, 11) is 1.98. The van der Waals surface area contributed by atoms with E-state index in [4.69, 9.17) is 0 Å². The second-order valence-corrected chi connectivity index (χ2v) is 5.65. The van der Waals surface area contributed by atoms with Crippen LogP contribution in [-0.4, -0.2) is 22.4 Å². The average molecular weight is 221 g/mol. The lowest BCUT2D eigenvalue weighted by Crippen LogP contribution is -2.34. The summed E-state index contributed by atoms with van der Waals surface area (Å²) in [5.74, 6) is 0.814. The Labute approximate surface area is 98.2 Å². The number of rotatable bonds is 5. The minimum absolute atomic E-state index is 0.529. The van der Waals surface area contributed by atoms with E-state index in [0.29, 0.717) is 11.5 Å². The Hall–Kier alpha value is -0.830. The van der Waals surface area contributed by atoms with E-state index in [0.717, 1.165) is 18.9 Å². The van der Waals surface area contributed by atoms with Gasteiger partial charge in [0, 0.05) is 25.7 Å². The van der Waals surface area contributed by atoms with Crippen molar-refractivity contribution in [1.82, 2.24) is 15.1 Å². The van der Waals surface area contributed by atoms with Crippen LogP contribution >= 0.6 is 0 Å². The minimum atomic E-state index is 0.529. The topological polar surface area (TPSA) is 29.9 Å². The quantitative estimate of drug-likeness (QED) is 0.824. The lowest BCUT2D eigenvalue weighted by Gasteiger charge is -2.18. The van der Waals surface area contributed by atoms with E-state index >= 15 is 0 Å². The predicted molar refractivity (Wildman–Crippen MR) is 66.3 cm³/mol. The van der Waals surface area contributed by atoms with Crippen LogP contribution in [0.25, 0.3) is 0 Å². The molecule has 90 valence electrons. The Balaban J connectivity index is 1.98. The first kappa shape index (κ1) is 11.6. The maximum absolute atomic E-state index is 4.47. The third-order valence-corrected chi connectivity index (χ3v) is 3.74. The SMILES string of the molecule is CCNC(Cc1ccn(C)n1)C1CC1(C)C. The standard InChI is InChI=1S/C13H23N3/c1-5-14-12(11-9-13(11,2)3)8-10-6-7-16(4)15-10/h6-7,11-12,14H,5,8-9H2,1-4H3. The van der Waals surface area contributed by atoms with E-state index in [-0.39, 0.29) is 0 Å². The van der Waals surface area contributed by atoms with E-state index < -0.39 is 0 Å². The van der Waals surface area contributed by atoms with Gasteiger partial charge in [-0.25, -0.2) is 0 Å². The highest BCUT2D eigenvalue weighted by Crippen LogP contribution is 2.53. The molecule has 1 heterocycles. The summed E-state index contributed by atoms with van der Waals surface area (Å²) in [5.41, 5.74) is 1.73. The maximum Gasteiger partial charge on any atom is 0.0640 e. The van der Waals surface area contributed by atoms with Gasteiger partial charge < -0.3 is 5.32 Å². The monoisotopic (exact) mass is 221 g/mol. The zero-order valence-corrected chi connectivity index (χ0v) is 10.8. The number of likely N-dealkylation sites (N-methyl/N-ethyl adjacent to an activating group) is 1. The first-order chi connectivity index (χ1) is 7.53. The molecule has 2 rings (SSSR count). The molecule has 0 aliphatic heterocycles. The van der Waals surface area contributed by atoms with Crippen LogP contribution in [-0.2, 0) is 13.5 Å². The first-order valence-corrected chi connectivity index (χ1v) is 6.25. The van der Waals surface area contributed by atoms with Crippen LogP contribution in [0.4, 0.5) is 0 Å². The maximum atomic E-state index is 4.47. The number of nitrogens with zero attached hydrogens (tertiary/aromatic N) is 2. The lowest BCUT2D eigenvalue weighted by atomic mass is 10.00. The highest BCUT2D eigenvalue weighted by Gasteiger charge is 2.49. The number of aryl methyl sites for hydroxylation is 1. The summed E-state index contributed by atoms with van der Waals surface area (Å²) < 4.78 is 1.89. The zero-order chi connectivity index (χ0) is 11.8. The Morgan fingerprint density at radius 3 is 2.75 bits per heavy atom. The summed E-state index contributed by atoms with van der Waals surface area (Å²) in [6, 6.07) is 2.72. The molecule has 0 amide bonds. The number of hydrogen-bond acceptors (Lipinski definition) is 2. The molecule has 0 spiro atoms. The van der Waals surface area contributed by atoms with Gasteiger partial charge in [-0.2, -0.15) is 5.10 Å². The molecule has 2 atom stereocenters. The second kappa shape index (κ2) is 4.21. The van der Waals surface area contributed by atoms with Crippen LogP contribution in [0.2, 0.25) is 0 Å². The van der Waals surface area contributed by atoms with Crippen molar-refractivity contribution in [2.75, 3.05) is 6.54 Å². The van der Waals surface area contributed by atoms with Gasteiger partial charge in [0.1, 0.15) is 0 Å². The highest BCUT2D eigenvalue weighted by molar-refractivity contribution is 5.08. The summed E-state index contributed by atoms with van der Waals surface area (Å²) >= 11 is 0. The van der Waals surface area contributed by atoms with Crippen molar-refractivity contribution in [3.8, 4) is 0 Å². The van der Waals surface area contributed by atoms with E-state index in [1.54, 1.807) is 0 Å². The molecule has 16 heavy (non-hydrogen) atoms. The van der Waals surface area contributed by atoms with Gasteiger partial charge in [-0.05, 0) is 30.4 Å². The van der Waals surface area contributed by atoms with Crippen molar-refractivity contribution in [3.05, 3.63) is 18.0 Å². The molecule has 3 heteroatoms. The zero-order valence-electron chi connectivity index (χ0n) is 10.8. The smallest absolute Gasteiger partial charge is 0.0640 e. The number of nitrogens with one attached hydrogen (secondary N) is 1. The number of hydrogen-bond donors (Lipinski definition) is 1. The van der Waals surface area contributed by atoms with Gasteiger partial charge in [-0.1, -0.05) is 20.8 Å². The van der Waals surface area contributed by atoms with Crippen molar-refractivity contribution in [3.63, 3.8) is 0 Å². The minimum Gasteiger partial charge on any atom is -0.314 e. The predicted octanol–water partition coefficient (Wildman–Crippen LogP) is 1.99. The molecular weight excluding hydrogens is 198 g/mol. The summed E-state index contributed by atoms with van der Waals surface area (Å²) in [6.07, 6.45) is 4.43. The van der Waals surface area contributed by atoms with Crippen LogP contribution in [0.1, 0.15) is 32.9 Å². The van der Waals surface area contributed by atoms with Crippen molar-refractivity contribution >= 4 is 0 Å². The van der Waals surface area contributed by atoms with E-state index in [1.165, 1.54) is 12.1 Å². The Kier molecular flexibility index (Phi) is 3.06. The molecule has 1 aromatic rings. The van der Waals surface area contributed by atoms with Gasteiger partial charge in [0.2, 0.25) is 0 Å². The van der Waals surface area contributed by atoms with Gasteiger partial charge in [0.05, 0.1) is 5.69 Å². The molecule has 0 saturated heterocycles. The Morgan fingerprint density at radius 2 is 2.31 bits per heavy atom. The summed E-state index contributed by atoms with van der Waals surface area (Å²) in [4.78, 5) is 0. The normalized spacial score (nSPS) is 24.4. The third kappa shape index (κ3) is 2.46. The van der Waals surface area contributed by atoms with E-state index in [2.05, 4.69) is 37.3 Å². The summed E-state index contributed by atoms with van der Waals surface area (Å²) in [5, 5.41) is 8.08. The first-order valence-electron chi connectivity index (χ1n) is 6.25. The fraction of sp³-hybridized carbons (Fsp3) is 0.769. The second-order valence-electron chi connectivity index (χ2n) is 5.65. The lowest BCUT2D eigenvalue weighted by molar-refractivity contribution is 0.406. The fourth-order valence-corrected chi connectivity index (χ4v) is 2.61. The molecule has 2 unspecified atom stereocenters. The molecule has 1 aliphatic rings. The van der Waals surface area contributed by atoms with Crippen LogP contribution in [0, 0.1) is 11.3 Å². The molecular formula is C13H23N3. The van der Waals surface area contributed by atoms with Crippen LogP contribution < -0.4 is 5.32 Å². The Morgan fingerprint density at radius 1 is 1.62 bits per heavy atom. The van der Waals surface area contributed by atoms with Crippen molar-refractivity contribution in [2.45, 2.75) is 39.7 Å². The third-order valence-electron chi connectivity index (χ3n) is 3.74. The van der Waals surface area contributed by atoms with Crippen LogP contribution in [0.3, 0.4) is 0 Å². The number of aromatic nitrogens is 2. The van der Waals surface area contributed by atoms with Gasteiger partial charge >= 0.3 is 0 Å². The van der Waals surface area contributed by atoms with Gasteiger partial charge in [0.25, 0.3) is 0 Å². The Bertz CT molecular complexity index is 354. The molecule has 3 nitrogen and oxygen atoms in total. The molecule has 1 aromatic heterocycles. The van der Waals surface area contributed by atoms with Gasteiger partial charge in [-0.15, -0.1) is 0 Å². The average Bonchev–Trinajstić information content (AvgIpc) is 2.64. The fourth-order valence-electron chi connectivity index (χ4n) is 2.61. The van der Waals surface area contributed by atoms with Crippen LogP contribution in [0.15, 0.2) is 12.3 Å². The molecule has 1 fully saturated rings. The molecule has 0 radical (unpaired) electrons. The molecule has 1 saturated carbocycles. The van der Waals surface area contributed by atoms with E-state index in [9.17, 15) is 0 Å².